The van der Waals surface area contributed by atoms with E-state index in [2.05, 4.69) is 62.2 Å². The minimum absolute atomic E-state index is 0.489. The summed E-state index contributed by atoms with van der Waals surface area (Å²) in [5, 5.41) is 3.74. The first-order valence-corrected chi connectivity index (χ1v) is 8.22. The molecule has 1 aliphatic rings. The second-order valence-electron chi connectivity index (χ2n) is 6.32. The molecule has 112 valence electrons. The van der Waals surface area contributed by atoms with E-state index in [9.17, 15) is 0 Å². The summed E-state index contributed by atoms with van der Waals surface area (Å²) in [7, 11) is 0. The second kappa shape index (κ2) is 7.24. The first kappa shape index (κ1) is 15.5. The Hall–Kier alpha value is -0.860. The lowest BCUT2D eigenvalue weighted by molar-refractivity contribution is 0.132. The van der Waals surface area contributed by atoms with Gasteiger partial charge in [0.05, 0.1) is 0 Å². The Balaban J connectivity index is 2.24. The lowest BCUT2D eigenvalue weighted by atomic mass is 9.83. The van der Waals surface area contributed by atoms with Gasteiger partial charge < -0.3 is 5.32 Å². The van der Waals surface area contributed by atoms with Gasteiger partial charge in [0.25, 0.3) is 0 Å². The second-order valence-corrected chi connectivity index (χ2v) is 6.32. The fraction of sp³-hybridized carbons (Fsp3) is 0.667. The summed E-state index contributed by atoms with van der Waals surface area (Å²) >= 11 is 0. The highest BCUT2D eigenvalue weighted by Crippen LogP contribution is 2.33. The number of benzene rings is 1. The van der Waals surface area contributed by atoms with Crippen LogP contribution in [-0.2, 0) is 6.42 Å². The molecule has 2 nitrogen and oxygen atoms in total. The predicted molar refractivity (Wildman–Crippen MR) is 87.1 cm³/mol. The predicted octanol–water partition coefficient (Wildman–Crippen LogP) is 3.63. The van der Waals surface area contributed by atoms with E-state index in [1.165, 1.54) is 30.5 Å². The molecule has 0 bridgehead atoms. The summed E-state index contributed by atoms with van der Waals surface area (Å²) in [5.41, 5.74) is 3.06. The van der Waals surface area contributed by atoms with Crippen LogP contribution in [0.15, 0.2) is 24.3 Å². The Morgan fingerprint density at radius 3 is 2.65 bits per heavy atom. The summed E-state index contributed by atoms with van der Waals surface area (Å²) in [5.74, 6) is 0.731. The molecule has 0 aromatic heterocycles. The molecule has 0 saturated heterocycles. The number of hydrogen-bond donors (Lipinski definition) is 1. The van der Waals surface area contributed by atoms with Crippen LogP contribution >= 0.6 is 0 Å². The summed E-state index contributed by atoms with van der Waals surface area (Å²) in [6.45, 7) is 12.5. The van der Waals surface area contributed by atoms with Crippen molar-refractivity contribution in [2.45, 2.75) is 52.6 Å². The zero-order valence-electron chi connectivity index (χ0n) is 13.5. The van der Waals surface area contributed by atoms with Gasteiger partial charge in [0.1, 0.15) is 0 Å². The molecule has 2 heteroatoms. The molecular formula is C18H30N2. The molecule has 0 aliphatic heterocycles. The van der Waals surface area contributed by atoms with Crippen LogP contribution in [0.5, 0.6) is 0 Å². The van der Waals surface area contributed by atoms with E-state index in [1.807, 2.05) is 0 Å². The normalized spacial score (nSPS) is 22.3. The van der Waals surface area contributed by atoms with Gasteiger partial charge in [-0.25, -0.2) is 0 Å². The molecule has 1 aliphatic carbocycles. The molecule has 0 fully saturated rings. The van der Waals surface area contributed by atoms with Crippen molar-refractivity contribution in [3.8, 4) is 0 Å². The Morgan fingerprint density at radius 1 is 1.25 bits per heavy atom. The van der Waals surface area contributed by atoms with Crippen LogP contribution in [0.1, 0.15) is 51.3 Å². The van der Waals surface area contributed by atoms with E-state index in [0.717, 1.165) is 19.0 Å². The third-order valence-corrected chi connectivity index (χ3v) is 4.38. The fourth-order valence-corrected chi connectivity index (χ4v) is 3.57. The SMILES string of the molecule is CCNC1c2ccccc2CCC1N(CC)CC(C)C. The van der Waals surface area contributed by atoms with Crippen molar-refractivity contribution in [2.24, 2.45) is 5.92 Å². The van der Waals surface area contributed by atoms with Crippen LogP contribution in [-0.4, -0.2) is 30.6 Å². The van der Waals surface area contributed by atoms with Gasteiger partial charge in [-0.2, -0.15) is 0 Å². The summed E-state index contributed by atoms with van der Waals surface area (Å²) < 4.78 is 0. The maximum absolute atomic E-state index is 3.74. The molecule has 1 aromatic rings. The van der Waals surface area contributed by atoms with Gasteiger partial charge in [-0.3, -0.25) is 4.90 Å². The number of nitrogens with one attached hydrogen (secondary N) is 1. The summed E-state index contributed by atoms with van der Waals surface area (Å²) in [6.07, 6.45) is 2.49. The van der Waals surface area contributed by atoms with Crippen LogP contribution in [0.4, 0.5) is 0 Å². The Kier molecular flexibility index (Phi) is 5.62. The number of fused-ring (bicyclic) bond motifs is 1. The quantitative estimate of drug-likeness (QED) is 0.852. The van der Waals surface area contributed by atoms with Gasteiger partial charge >= 0.3 is 0 Å². The average molecular weight is 274 g/mol. The number of nitrogens with zero attached hydrogens (tertiary/aromatic N) is 1. The highest BCUT2D eigenvalue weighted by molar-refractivity contribution is 5.34. The average Bonchev–Trinajstić information content (AvgIpc) is 2.45. The van der Waals surface area contributed by atoms with E-state index < -0.39 is 0 Å². The number of hydrogen-bond acceptors (Lipinski definition) is 2. The molecule has 1 aromatic carbocycles. The van der Waals surface area contributed by atoms with Gasteiger partial charge in [-0.15, -0.1) is 0 Å². The lowest BCUT2D eigenvalue weighted by Crippen LogP contribution is -2.48. The number of rotatable bonds is 6. The maximum Gasteiger partial charge on any atom is 0.0480 e. The molecule has 2 atom stereocenters. The van der Waals surface area contributed by atoms with Gasteiger partial charge in [0.2, 0.25) is 0 Å². The van der Waals surface area contributed by atoms with E-state index in [0.29, 0.717) is 12.1 Å². The van der Waals surface area contributed by atoms with Crippen molar-refractivity contribution < 1.29 is 0 Å². The van der Waals surface area contributed by atoms with Gasteiger partial charge in [0, 0.05) is 18.6 Å². The van der Waals surface area contributed by atoms with Crippen LogP contribution < -0.4 is 5.32 Å². The van der Waals surface area contributed by atoms with Gasteiger partial charge in [0.15, 0.2) is 0 Å². The van der Waals surface area contributed by atoms with Gasteiger partial charge in [-0.1, -0.05) is 52.0 Å². The van der Waals surface area contributed by atoms with Crippen molar-refractivity contribution in [1.29, 1.82) is 0 Å². The molecule has 0 radical (unpaired) electrons. The summed E-state index contributed by atoms with van der Waals surface area (Å²) in [6, 6.07) is 10.1. The molecule has 0 heterocycles. The number of aryl methyl sites for hydroxylation is 1. The van der Waals surface area contributed by atoms with E-state index in [4.69, 9.17) is 0 Å². The minimum Gasteiger partial charge on any atom is -0.309 e. The highest BCUT2D eigenvalue weighted by Gasteiger charge is 2.32. The van der Waals surface area contributed by atoms with Crippen LogP contribution in [0.3, 0.4) is 0 Å². The van der Waals surface area contributed by atoms with Crippen molar-refractivity contribution >= 4 is 0 Å². The third-order valence-electron chi connectivity index (χ3n) is 4.38. The molecule has 20 heavy (non-hydrogen) atoms. The smallest absolute Gasteiger partial charge is 0.0480 e. The fourth-order valence-electron chi connectivity index (χ4n) is 3.57. The Labute approximate surface area is 124 Å². The Bertz CT molecular complexity index is 414. The van der Waals surface area contributed by atoms with E-state index in [1.54, 1.807) is 0 Å². The molecule has 2 rings (SSSR count). The van der Waals surface area contributed by atoms with Crippen LogP contribution in [0.25, 0.3) is 0 Å². The molecule has 0 saturated carbocycles. The zero-order valence-corrected chi connectivity index (χ0v) is 13.5. The largest absolute Gasteiger partial charge is 0.309 e. The van der Waals surface area contributed by atoms with Crippen molar-refractivity contribution in [1.82, 2.24) is 10.2 Å². The highest BCUT2D eigenvalue weighted by atomic mass is 15.2. The lowest BCUT2D eigenvalue weighted by Gasteiger charge is -2.41. The molecule has 0 amide bonds. The first-order valence-electron chi connectivity index (χ1n) is 8.22. The zero-order chi connectivity index (χ0) is 14.5. The van der Waals surface area contributed by atoms with Gasteiger partial charge in [-0.05, 0) is 43.0 Å². The Morgan fingerprint density at radius 2 is 2.00 bits per heavy atom. The van der Waals surface area contributed by atoms with Crippen LogP contribution in [0, 0.1) is 5.92 Å². The molecule has 2 unspecified atom stereocenters. The summed E-state index contributed by atoms with van der Waals surface area (Å²) in [4.78, 5) is 2.67. The monoisotopic (exact) mass is 274 g/mol. The minimum atomic E-state index is 0.489. The van der Waals surface area contributed by atoms with E-state index >= 15 is 0 Å². The topological polar surface area (TPSA) is 15.3 Å². The van der Waals surface area contributed by atoms with Crippen molar-refractivity contribution in [2.75, 3.05) is 19.6 Å². The number of likely N-dealkylation sites (N-methyl/N-ethyl adjacent to an activating group) is 2. The van der Waals surface area contributed by atoms with Crippen molar-refractivity contribution in [3.05, 3.63) is 35.4 Å². The third kappa shape index (κ3) is 3.42. The standard InChI is InChI=1S/C18H30N2/c1-5-19-18-16-10-8-7-9-15(16)11-12-17(18)20(6-2)13-14(3)4/h7-10,14,17-19H,5-6,11-13H2,1-4H3. The molecule has 0 spiro atoms. The van der Waals surface area contributed by atoms with E-state index in [-0.39, 0.29) is 0 Å². The van der Waals surface area contributed by atoms with Crippen molar-refractivity contribution in [3.63, 3.8) is 0 Å². The van der Waals surface area contributed by atoms with Crippen LogP contribution in [0.2, 0.25) is 0 Å². The molecule has 1 N–H and O–H groups in total. The first-order chi connectivity index (χ1) is 9.67. The molecular weight excluding hydrogens is 244 g/mol. The maximum atomic E-state index is 3.74.